The molecule has 5 heteroatoms. The number of benzene rings is 6. The Hall–Kier alpha value is -6.46. The summed E-state index contributed by atoms with van der Waals surface area (Å²) in [6, 6.07) is 25.7. The number of para-hydroxylation sites is 2. The van der Waals surface area contributed by atoms with Crippen molar-refractivity contribution in [1.82, 2.24) is 9.55 Å². The van der Waals surface area contributed by atoms with Crippen LogP contribution in [0.2, 0.25) is 0 Å². The van der Waals surface area contributed by atoms with Crippen LogP contribution in [-0.4, -0.2) is 27.0 Å². The Morgan fingerprint density at radius 1 is 0.698 bits per heavy atom. The molecule has 254 valence electrons. The predicted molar refractivity (Wildman–Crippen MR) is 221 cm³/mol. The van der Waals surface area contributed by atoms with Gasteiger partial charge < -0.3 is 9.31 Å². The second-order valence-electron chi connectivity index (χ2n) is 13.9. The molecule has 0 amide bonds. The van der Waals surface area contributed by atoms with Gasteiger partial charge >= 0.3 is 0 Å². The van der Waals surface area contributed by atoms with Crippen molar-refractivity contribution in [3.63, 3.8) is 0 Å². The van der Waals surface area contributed by atoms with E-state index < -0.39 is 67.1 Å². The van der Waals surface area contributed by atoms with Crippen molar-refractivity contribution in [3.05, 3.63) is 181 Å². The monoisotopic (exact) mass is 693 g/mol. The first-order valence-corrected chi connectivity index (χ1v) is 17.3. The van der Waals surface area contributed by atoms with Crippen molar-refractivity contribution in [2.75, 3.05) is 0 Å². The van der Waals surface area contributed by atoms with Crippen molar-refractivity contribution < 1.29 is 23.0 Å². The van der Waals surface area contributed by atoms with Gasteiger partial charge in [0.2, 0.25) is 6.71 Å². The van der Waals surface area contributed by atoms with Crippen molar-refractivity contribution in [1.29, 1.82) is 0 Å². The maximum Gasteiger partial charge on any atom is 0.230 e. The van der Waals surface area contributed by atoms with E-state index in [1.807, 2.05) is 66.8 Å². The molecule has 0 bridgehead atoms. The highest BCUT2D eigenvalue weighted by Crippen LogP contribution is 2.40. The normalized spacial score (nSPS) is 15.5. The van der Waals surface area contributed by atoms with E-state index in [9.17, 15) is 0 Å². The van der Waals surface area contributed by atoms with E-state index in [1.54, 1.807) is 29.0 Å². The van der Waals surface area contributed by atoms with E-state index in [0.717, 1.165) is 33.1 Å². The number of rotatable bonds is 7. The summed E-state index contributed by atoms with van der Waals surface area (Å²) in [5.41, 5.74) is 4.26. The molecule has 3 heterocycles. The Kier molecular flexibility index (Phi) is 5.80. The van der Waals surface area contributed by atoms with Gasteiger partial charge in [0.15, 0.2) is 0 Å². The molecule has 1 aliphatic rings. The zero-order valence-corrected chi connectivity index (χ0v) is 29.3. The molecule has 1 aliphatic heterocycles. The number of nitrogens with zero attached hydrogens (tertiary/aromatic N) is 3. The quantitative estimate of drug-likeness (QED) is 0.0945. The van der Waals surface area contributed by atoms with Crippen LogP contribution in [-0.2, 0) is 5.41 Å². The molecule has 0 unspecified atom stereocenters. The largest absolute Gasteiger partial charge is 0.457 e. The van der Waals surface area contributed by atoms with E-state index >= 15 is 0 Å². The predicted octanol–water partition coefficient (Wildman–Crippen LogP) is 11.2. The van der Waals surface area contributed by atoms with Crippen LogP contribution in [0.1, 0.15) is 40.0 Å². The third-order valence-electron chi connectivity index (χ3n) is 9.46. The fourth-order valence-electron chi connectivity index (χ4n) is 6.88. The van der Waals surface area contributed by atoms with Crippen LogP contribution in [0.5, 0.6) is 11.5 Å². The summed E-state index contributed by atoms with van der Waals surface area (Å²) in [5.74, 6) is 3.85. The molecule has 9 rings (SSSR count). The maximum atomic E-state index is 8.84. The first-order chi connectivity index (χ1) is 30.0. The molecule has 0 saturated heterocycles. The molecule has 0 saturated carbocycles. The van der Waals surface area contributed by atoms with Crippen molar-refractivity contribution in [2.24, 2.45) is 0 Å². The zero-order chi connectivity index (χ0) is 44.6. The van der Waals surface area contributed by atoms with E-state index in [0.29, 0.717) is 11.5 Å². The summed E-state index contributed by atoms with van der Waals surface area (Å²) in [7, 11) is 0. The van der Waals surface area contributed by atoms with Gasteiger partial charge in [0, 0.05) is 23.0 Å². The average Bonchev–Trinajstić information content (AvgIpc) is 3.90. The summed E-state index contributed by atoms with van der Waals surface area (Å²) in [6.07, 6.45) is 6.98. The first-order valence-electron chi connectivity index (χ1n) is 22.3. The number of aromatic nitrogens is 2. The summed E-state index contributed by atoms with van der Waals surface area (Å²) in [4.78, 5) is 4.80. The van der Waals surface area contributed by atoms with Crippen molar-refractivity contribution >= 4 is 45.8 Å². The topological polar surface area (TPSA) is 30.1 Å². The lowest BCUT2D eigenvalue weighted by Crippen LogP contribution is -2.29. The van der Waals surface area contributed by atoms with Crippen molar-refractivity contribution in [2.45, 2.75) is 26.2 Å². The van der Waals surface area contributed by atoms with Gasteiger partial charge in [0.1, 0.15) is 23.0 Å². The Morgan fingerprint density at radius 2 is 1.38 bits per heavy atom. The van der Waals surface area contributed by atoms with Gasteiger partial charge in [-0.25, -0.2) is 4.98 Å². The smallest absolute Gasteiger partial charge is 0.230 e. The van der Waals surface area contributed by atoms with Gasteiger partial charge in [0.25, 0.3) is 0 Å². The highest BCUT2D eigenvalue weighted by atomic mass is 16.5. The van der Waals surface area contributed by atoms with Crippen LogP contribution in [0.15, 0.2) is 176 Å². The van der Waals surface area contributed by atoms with Crippen molar-refractivity contribution in [3.8, 4) is 39.6 Å². The standard InChI is InChI=1S/C48H38BN3O/c1-48(2,3)36-26-28-50-46(30-36)52-44-23-11-10-20-42(44)43-25-24-39(32-45(43)52)53-38-19-12-18-37(31-38)49-27-29-51(33-49)47-40(34-14-6-4-7-15-34)21-13-22-41(47)35-16-8-5-9-17-35/h4-32H,1-3H3/i4D,5D,6D,7D,8D,9D,14D,15D,16D,17D. The first kappa shape index (κ1) is 23.2. The molecule has 0 atom stereocenters. The minimum Gasteiger partial charge on any atom is -0.457 e. The molecule has 0 aliphatic carbocycles. The number of hydrogen-bond acceptors (Lipinski definition) is 2. The summed E-state index contributed by atoms with van der Waals surface area (Å²) in [6.45, 7) is 6.06. The Morgan fingerprint density at radius 3 is 2.11 bits per heavy atom. The minimum absolute atomic E-state index is 0.0729. The van der Waals surface area contributed by atoms with Gasteiger partial charge in [-0.2, -0.15) is 0 Å². The van der Waals surface area contributed by atoms with Crippen LogP contribution in [0, 0.1) is 0 Å². The molecule has 0 N–H and O–H groups in total. The van der Waals surface area contributed by atoms with Crippen LogP contribution < -0.4 is 10.2 Å². The summed E-state index contributed by atoms with van der Waals surface area (Å²) in [5, 5.41) is 2.15. The fraction of sp³-hybridized carbons (Fsp3) is 0.0833. The van der Waals surface area contributed by atoms with E-state index in [4.69, 9.17) is 23.4 Å². The van der Waals surface area contributed by atoms with Gasteiger partial charge in [-0.3, -0.25) is 4.57 Å². The SMILES string of the molecule is [2H]c1c([2H])c([2H])c(-c2cccc(-c3c([2H])c([2H])c([2H])c([2H])c3[2H])c2[N+]2=[C-]B(c3cccc(Oc4ccc5c6ccccc6n(-c6cc(C(C)(C)C)ccn6)c5c4)c3)C=C2)c([2H])c1[2H]. The average molecular weight is 694 g/mol. The van der Waals surface area contributed by atoms with Gasteiger partial charge in [-0.15, -0.1) is 5.98 Å². The molecule has 6 aromatic carbocycles. The van der Waals surface area contributed by atoms with Crippen LogP contribution in [0.25, 0.3) is 49.9 Å². The fourth-order valence-corrected chi connectivity index (χ4v) is 6.88. The third kappa shape index (κ3) is 6.15. The number of ether oxygens (including phenoxy) is 1. The lowest BCUT2D eigenvalue weighted by atomic mass is 9.47. The molecule has 8 aromatic rings. The molecular formula is C48H38BN3O. The molecule has 53 heavy (non-hydrogen) atoms. The number of fused-ring (bicyclic) bond motifs is 3. The Balaban J connectivity index is 1.13. The Labute approximate surface area is 325 Å². The molecule has 0 fully saturated rings. The maximum absolute atomic E-state index is 8.84. The minimum atomic E-state index is -0.552. The lowest BCUT2D eigenvalue weighted by molar-refractivity contribution is -0.348. The highest BCUT2D eigenvalue weighted by molar-refractivity contribution is 6.99. The highest BCUT2D eigenvalue weighted by Gasteiger charge is 2.23. The molecule has 0 spiro atoms. The molecule has 2 aromatic heterocycles. The number of pyridine rings is 1. The van der Waals surface area contributed by atoms with E-state index in [-0.39, 0.29) is 33.4 Å². The van der Waals surface area contributed by atoms with E-state index in [2.05, 4.69) is 55.7 Å². The van der Waals surface area contributed by atoms with Crippen LogP contribution in [0.4, 0.5) is 5.69 Å². The van der Waals surface area contributed by atoms with Gasteiger partial charge in [-0.05, 0) is 75.7 Å². The summed E-state index contributed by atoms with van der Waals surface area (Å²) >= 11 is 0. The zero-order valence-electron chi connectivity index (χ0n) is 39.3. The molecule has 0 radical (unpaired) electrons. The second-order valence-corrected chi connectivity index (χ2v) is 13.9. The van der Waals surface area contributed by atoms with E-state index in [1.165, 1.54) is 5.56 Å². The number of hydrogen-bond donors (Lipinski definition) is 0. The lowest BCUT2D eigenvalue weighted by Gasteiger charge is -2.20. The van der Waals surface area contributed by atoms with Crippen LogP contribution >= 0.6 is 0 Å². The third-order valence-corrected chi connectivity index (χ3v) is 9.46. The van der Waals surface area contributed by atoms with Gasteiger partial charge in [-0.1, -0.05) is 135 Å². The second kappa shape index (κ2) is 13.3. The molecular weight excluding hydrogens is 645 g/mol. The van der Waals surface area contributed by atoms with Crippen LogP contribution in [0.3, 0.4) is 0 Å². The Bertz CT molecular complexity index is 3140. The summed E-state index contributed by atoms with van der Waals surface area (Å²) < 4.78 is 95.8. The van der Waals surface area contributed by atoms with Gasteiger partial charge in [0.05, 0.1) is 37.1 Å². The molecule has 4 nitrogen and oxygen atoms in total.